The van der Waals surface area contributed by atoms with Gasteiger partial charge in [0.05, 0.1) is 22.1 Å². The lowest BCUT2D eigenvalue weighted by Crippen LogP contribution is -1.95. The van der Waals surface area contributed by atoms with E-state index < -0.39 is 0 Å². The van der Waals surface area contributed by atoms with Gasteiger partial charge in [-0.1, -0.05) is 84.4 Å². The molecule has 37 heavy (non-hydrogen) atoms. The van der Waals surface area contributed by atoms with Crippen molar-refractivity contribution in [3.63, 3.8) is 0 Å². The van der Waals surface area contributed by atoms with Gasteiger partial charge in [-0.3, -0.25) is 0 Å². The van der Waals surface area contributed by atoms with Crippen LogP contribution < -0.4 is 0 Å². The summed E-state index contributed by atoms with van der Waals surface area (Å²) in [4.78, 5) is 0. The van der Waals surface area contributed by atoms with Crippen LogP contribution in [0.25, 0.3) is 65.8 Å². The number of aryl methyl sites for hydroxylation is 1. The molecule has 0 radical (unpaired) electrons. The monoisotopic (exact) mass is 472 g/mol. The minimum Gasteiger partial charge on any atom is -0.309 e. The highest BCUT2D eigenvalue weighted by Gasteiger charge is 2.19. The van der Waals surface area contributed by atoms with Crippen LogP contribution >= 0.6 is 0 Å². The Morgan fingerprint density at radius 1 is 0.405 bits per heavy atom. The summed E-state index contributed by atoms with van der Waals surface area (Å²) in [7, 11) is 0. The predicted molar refractivity (Wildman–Crippen MR) is 157 cm³/mol. The average molecular weight is 473 g/mol. The molecular weight excluding hydrogens is 448 g/mol. The maximum absolute atomic E-state index is 2.43. The first-order valence-electron chi connectivity index (χ1n) is 12.8. The standard InChI is InChI=1S/C35H24N2/c1-23-15-18-26(19-16-23)37-32-20-17-24-9-5-6-12-27(24)35(32)30-21-29-28-13-7-8-14-31(28)36(33(29)22-34(30)37)25-10-3-2-4-11-25/h2-22H,1H3. The summed E-state index contributed by atoms with van der Waals surface area (Å²) in [6.07, 6.45) is 0. The van der Waals surface area contributed by atoms with Crippen molar-refractivity contribution in [1.29, 1.82) is 0 Å². The number of fused-ring (bicyclic) bond motifs is 8. The fraction of sp³-hybridized carbons (Fsp3) is 0.0286. The lowest BCUT2D eigenvalue weighted by atomic mass is 10.0. The number of hydrogen-bond donors (Lipinski definition) is 0. The summed E-state index contributed by atoms with van der Waals surface area (Å²) >= 11 is 0. The molecule has 0 bridgehead atoms. The minimum absolute atomic E-state index is 1.18. The van der Waals surface area contributed by atoms with E-state index in [9.17, 15) is 0 Å². The molecule has 0 aliphatic rings. The molecule has 2 nitrogen and oxygen atoms in total. The van der Waals surface area contributed by atoms with Crippen LogP contribution in [-0.4, -0.2) is 9.13 Å². The number of para-hydroxylation sites is 2. The van der Waals surface area contributed by atoms with Crippen LogP contribution in [0.15, 0.2) is 127 Å². The zero-order valence-corrected chi connectivity index (χ0v) is 20.5. The van der Waals surface area contributed by atoms with Crippen LogP contribution in [0.2, 0.25) is 0 Å². The van der Waals surface area contributed by atoms with Crippen molar-refractivity contribution >= 4 is 54.4 Å². The van der Waals surface area contributed by atoms with E-state index in [-0.39, 0.29) is 0 Å². The fourth-order valence-electron chi connectivity index (χ4n) is 6.08. The van der Waals surface area contributed by atoms with E-state index >= 15 is 0 Å². The molecule has 0 saturated carbocycles. The third kappa shape index (κ3) is 2.87. The molecule has 2 heterocycles. The van der Waals surface area contributed by atoms with Crippen molar-refractivity contribution in [2.75, 3.05) is 0 Å². The molecule has 174 valence electrons. The smallest absolute Gasteiger partial charge is 0.0562 e. The topological polar surface area (TPSA) is 9.86 Å². The molecule has 8 aromatic rings. The van der Waals surface area contributed by atoms with Gasteiger partial charge in [-0.15, -0.1) is 0 Å². The summed E-state index contributed by atoms with van der Waals surface area (Å²) in [5, 5.41) is 7.72. The molecule has 0 atom stereocenters. The van der Waals surface area contributed by atoms with E-state index in [2.05, 4.69) is 143 Å². The molecule has 6 aromatic carbocycles. The zero-order valence-electron chi connectivity index (χ0n) is 20.5. The first kappa shape index (κ1) is 20.4. The van der Waals surface area contributed by atoms with Crippen LogP contribution in [0, 0.1) is 6.92 Å². The van der Waals surface area contributed by atoms with E-state index in [1.807, 2.05) is 0 Å². The van der Waals surface area contributed by atoms with Gasteiger partial charge in [-0.25, -0.2) is 0 Å². The molecule has 0 unspecified atom stereocenters. The van der Waals surface area contributed by atoms with Crippen molar-refractivity contribution < 1.29 is 0 Å². The molecule has 2 aromatic heterocycles. The third-order valence-electron chi connectivity index (χ3n) is 7.75. The molecule has 0 saturated heterocycles. The number of rotatable bonds is 2. The van der Waals surface area contributed by atoms with Gasteiger partial charge < -0.3 is 9.13 Å². The Morgan fingerprint density at radius 2 is 1.05 bits per heavy atom. The largest absolute Gasteiger partial charge is 0.309 e. The van der Waals surface area contributed by atoms with Gasteiger partial charge in [-0.2, -0.15) is 0 Å². The van der Waals surface area contributed by atoms with Crippen molar-refractivity contribution in [3.8, 4) is 11.4 Å². The first-order chi connectivity index (χ1) is 18.3. The molecule has 0 aliphatic carbocycles. The number of nitrogens with zero attached hydrogens (tertiary/aromatic N) is 2. The molecule has 0 amide bonds. The van der Waals surface area contributed by atoms with E-state index in [1.165, 1.54) is 71.3 Å². The average Bonchev–Trinajstić information content (AvgIpc) is 3.45. The Hall–Kier alpha value is -4.82. The van der Waals surface area contributed by atoms with E-state index in [0.717, 1.165) is 0 Å². The van der Waals surface area contributed by atoms with Gasteiger partial charge >= 0.3 is 0 Å². The third-order valence-corrected chi connectivity index (χ3v) is 7.75. The second-order valence-electron chi connectivity index (χ2n) is 9.93. The molecule has 0 aliphatic heterocycles. The highest BCUT2D eigenvalue weighted by molar-refractivity contribution is 6.25. The van der Waals surface area contributed by atoms with E-state index in [0.29, 0.717) is 0 Å². The van der Waals surface area contributed by atoms with Gasteiger partial charge in [-0.05, 0) is 66.2 Å². The van der Waals surface area contributed by atoms with Crippen LogP contribution in [0.3, 0.4) is 0 Å². The van der Waals surface area contributed by atoms with Crippen LogP contribution in [0.5, 0.6) is 0 Å². The number of benzene rings is 6. The second kappa shape index (κ2) is 7.59. The predicted octanol–water partition coefficient (Wildman–Crippen LogP) is 9.34. The lowest BCUT2D eigenvalue weighted by molar-refractivity contribution is 1.16. The Kier molecular flexibility index (Phi) is 4.18. The van der Waals surface area contributed by atoms with Gasteiger partial charge in [0.15, 0.2) is 0 Å². The quantitative estimate of drug-likeness (QED) is 0.237. The van der Waals surface area contributed by atoms with Crippen molar-refractivity contribution in [1.82, 2.24) is 9.13 Å². The highest BCUT2D eigenvalue weighted by atomic mass is 15.0. The first-order valence-corrected chi connectivity index (χ1v) is 12.8. The van der Waals surface area contributed by atoms with Gasteiger partial charge in [0.25, 0.3) is 0 Å². The fourth-order valence-corrected chi connectivity index (χ4v) is 6.08. The highest BCUT2D eigenvalue weighted by Crippen LogP contribution is 2.41. The number of hydrogen-bond acceptors (Lipinski definition) is 0. The number of aromatic nitrogens is 2. The van der Waals surface area contributed by atoms with Crippen molar-refractivity contribution in [2.45, 2.75) is 6.92 Å². The van der Waals surface area contributed by atoms with Crippen molar-refractivity contribution in [3.05, 3.63) is 133 Å². The molecule has 0 N–H and O–H groups in total. The summed E-state index contributed by atoms with van der Waals surface area (Å²) < 4.78 is 4.84. The van der Waals surface area contributed by atoms with Crippen LogP contribution in [-0.2, 0) is 0 Å². The maximum Gasteiger partial charge on any atom is 0.0562 e. The summed E-state index contributed by atoms with van der Waals surface area (Å²) in [6, 6.07) is 46.4. The van der Waals surface area contributed by atoms with Gasteiger partial charge in [0.2, 0.25) is 0 Å². The van der Waals surface area contributed by atoms with E-state index in [1.54, 1.807) is 0 Å². The Bertz CT molecular complexity index is 2120. The molecule has 0 spiro atoms. The SMILES string of the molecule is Cc1ccc(-n2c3cc4c(cc3c3c5ccccc5ccc32)c2ccccc2n4-c2ccccc2)cc1. The Labute approximate surface area is 214 Å². The van der Waals surface area contributed by atoms with Crippen LogP contribution in [0.1, 0.15) is 5.56 Å². The second-order valence-corrected chi connectivity index (χ2v) is 9.93. The van der Waals surface area contributed by atoms with Gasteiger partial charge in [0.1, 0.15) is 0 Å². The molecule has 0 fully saturated rings. The normalized spacial score (nSPS) is 11.9. The maximum atomic E-state index is 2.43. The summed E-state index contributed by atoms with van der Waals surface area (Å²) in [5.41, 5.74) is 8.54. The van der Waals surface area contributed by atoms with Crippen molar-refractivity contribution in [2.24, 2.45) is 0 Å². The zero-order chi connectivity index (χ0) is 24.5. The van der Waals surface area contributed by atoms with Gasteiger partial charge in [0, 0.05) is 32.9 Å². The summed E-state index contributed by atoms with van der Waals surface area (Å²) in [5.74, 6) is 0. The Morgan fingerprint density at radius 3 is 1.89 bits per heavy atom. The molecule has 2 heteroatoms. The summed E-state index contributed by atoms with van der Waals surface area (Å²) in [6.45, 7) is 2.14. The molecular formula is C35H24N2. The lowest BCUT2D eigenvalue weighted by Gasteiger charge is -2.10. The molecule has 8 rings (SSSR count). The van der Waals surface area contributed by atoms with Crippen LogP contribution in [0.4, 0.5) is 0 Å². The minimum atomic E-state index is 1.18. The van der Waals surface area contributed by atoms with E-state index in [4.69, 9.17) is 0 Å². The Balaban J connectivity index is 1.62.